The molecule has 0 aliphatic carbocycles. The molecule has 1 fully saturated rings. The van der Waals surface area contributed by atoms with Gasteiger partial charge in [-0.05, 0) is 40.1 Å². The van der Waals surface area contributed by atoms with E-state index in [0.717, 1.165) is 24.5 Å². The summed E-state index contributed by atoms with van der Waals surface area (Å²) in [6.45, 7) is 6.31. The Balaban J connectivity index is 2.24. The fourth-order valence-corrected chi connectivity index (χ4v) is 2.63. The third-order valence-corrected chi connectivity index (χ3v) is 3.79. The quantitative estimate of drug-likeness (QED) is 0.859. The van der Waals surface area contributed by atoms with Crippen LogP contribution in [0.2, 0.25) is 5.15 Å². The molecule has 0 spiro atoms. The molecule has 0 saturated carbocycles. The first-order valence-electron chi connectivity index (χ1n) is 7.16. The van der Waals surface area contributed by atoms with Crippen LogP contribution in [0, 0.1) is 0 Å². The average Bonchev–Trinajstić information content (AvgIpc) is 2.37. The van der Waals surface area contributed by atoms with Gasteiger partial charge in [-0.3, -0.25) is 0 Å². The van der Waals surface area contributed by atoms with Gasteiger partial charge in [0.1, 0.15) is 11.3 Å². The number of aromatic nitrogens is 1. The van der Waals surface area contributed by atoms with Crippen molar-refractivity contribution in [2.75, 3.05) is 38.7 Å². The zero-order valence-corrected chi connectivity index (χ0v) is 13.9. The summed E-state index contributed by atoms with van der Waals surface area (Å²) in [4.78, 5) is 8.74. The molecule has 2 heterocycles. The summed E-state index contributed by atoms with van der Waals surface area (Å²) in [5.41, 5.74) is 1.15. The predicted octanol–water partition coefficient (Wildman–Crippen LogP) is 1.77. The first kappa shape index (κ1) is 16.5. The molecule has 1 saturated heterocycles. The van der Waals surface area contributed by atoms with Crippen molar-refractivity contribution < 1.29 is 9.84 Å². The molecule has 1 aliphatic heterocycles. The standard InChI is InChI=1S/C15H24ClN3O2/c1-15(2,20)13-10-19(7-8-21-13)12-5-6-14(16)17-11(12)9-18(3)4/h5-6,13,20H,7-10H2,1-4H3. The maximum Gasteiger partial charge on any atom is 0.129 e. The fraction of sp³-hybridized carbons (Fsp3) is 0.667. The molecule has 0 radical (unpaired) electrons. The van der Waals surface area contributed by atoms with Gasteiger partial charge in [0.15, 0.2) is 0 Å². The van der Waals surface area contributed by atoms with E-state index in [2.05, 4.69) is 14.8 Å². The summed E-state index contributed by atoms with van der Waals surface area (Å²) in [5.74, 6) is 0. The van der Waals surface area contributed by atoms with Crippen molar-refractivity contribution in [2.45, 2.75) is 32.1 Å². The number of halogens is 1. The minimum Gasteiger partial charge on any atom is -0.388 e. The molecule has 0 aromatic carbocycles. The summed E-state index contributed by atoms with van der Waals surface area (Å²) in [6.07, 6.45) is -0.214. The van der Waals surface area contributed by atoms with Crippen molar-refractivity contribution in [3.8, 4) is 0 Å². The highest BCUT2D eigenvalue weighted by Gasteiger charge is 2.33. The molecule has 1 aliphatic rings. The van der Waals surface area contributed by atoms with Gasteiger partial charge in [0.2, 0.25) is 0 Å². The van der Waals surface area contributed by atoms with Crippen molar-refractivity contribution >= 4 is 17.3 Å². The lowest BCUT2D eigenvalue weighted by atomic mass is 10.00. The third kappa shape index (κ3) is 4.30. The van der Waals surface area contributed by atoms with Crippen LogP contribution in [-0.2, 0) is 11.3 Å². The van der Waals surface area contributed by atoms with Crippen LogP contribution < -0.4 is 4.90 Å². The Kier molecular flexibility index (Phi) is 5.09. The highest BCUT2D eigenvalue weighted by atomic mass is 35.5. The van der Waals surface area contributed by atoms with Gasteiger partial charge in [-0.15, -0.1) is 0 Å². The first-order chi connectivity index (χ1) is 9.77. The molecule has 0 bridgehead atoms. The summed E-state index contributed by atoms with van der Waals surface area (Å²) in [6, 6.07) is 3.81. The zero-order valence-electron chi connectivity index (χ0n) is 13.1. The number of aliphatic hydroxyl groups is 1. The van der Waals surface area contributed by atoms with Crippen LogP contribution in [0.1, 0.15) is 19.5 Å². The fourth-order valence-electron chi connectivity index (χ4n) is 2.47. The third-order valence-electron chi connectivity index (χ3n) is 3.58. The van der Waals surface area contributed by atoms with Gasteiger partial charge in [-0.1, -0.05) is 11.6 Å². The van der Waals surface area contributed by atoms with E-state index in [4.69, 9.17) is 16.3 Å². The SMILES string of the molecule is CN(C)Cc1nc(Cl)ccc1N1CCOC(C(C)(C)O)C1. The van der Waals surface area contributed by atoms with Gasteiger partial charge in [0.25, 0.3) is 0 Å². The molecule has 21 heavy (non-hydrogen) atoms. The van der Waals surface area contributed by atoms with Crippen molar-refractivity contribution in [1.29, 1.82) is 0 Å². The van der Waals surface area contributed by atoms with E-state index in [1.54, 1.807) is 13.8 Å². The van der Waals surface area contributed by atoms with E-state index >= 15 is 0 Å². The number of anilines is 1. The minimum absolute atomic E-state index is 0.214. The lowest BCUT2D eigenvalue weighted by Crippen LogP contribution is -2.52. The Morgan fingerprint density at radius 2 is 2.19 bits per heavy atom. The predicted molar refractivity (Wildman–Crippen MR) is 84.9 cm³/mol. The minimum atomic E-state index is -0.861. The largest absolute Gasteiger partial charge is 0.388 e. The average molecular weight is 314 g/mol. The Hall–Kier alpha value is -0.880. The summed E-state index contributed by atoms with van der Waals surface area (Å²) in [5, 5.41) is 10.7. The highest BCUT2D eigenvalue weighted by Crippen LogP contribution is 2.26. The molecule has 1 aromatic heterocycles. The van der Waals surface area contributed by atoms with Crippen molar-refractivity contribution in [1.82, 2.24) is 9.88 Å². The van der Waals surface area contributed by atoms with Crippen LogP contribution in [0.4, 0.5) is 5.69 Å². The molecule has 0 amide bonds. The summed E-state index contributed by atoms with van der Waals surface area (Å²) in [7, 11) is 4.01. The number of nitrogens with zero attached hydrogens (tertiary/aromatic N) is 3. The van der Waals surface area contributed by atoms with Gasteiger partial charge in [-0.25, -0.2) is 4.98 Å². The molecule has 2 rings (SSSR count). The van der Waals surface area contributed by atoms with E-state index in [1.165, 1.54) is 0 Å². The summed E-state index contributed by atoms with van der Waals surface area (Å²) >= 11 is 6.03. The second kappa shape index (κ2) is 6.48. The normalized spacial score (nSPS) is 20.1. The second-order valence-corrected chi connectivity index (χ2v) is 6.68. The van der Waals surface area contributed by atoms with Crippen molar-refractivity contribution in [3.63, 3.8) is 0 Å². The zero-order chi connectivity index (χ0) is 15.6. The number of pyridine rings is 1. The van der Waals surface area contributed by atoms with Crippen LogP contribution in [-0.4, -0.2) is 60.5 Å². The lowest BCUT2D eigenvalue weighted by Gasteiger charge is -2.40. The Bertz CT molecular complexity index is 488. The van der Waals surface area contributed by atoms with Crippen molar-refractivity contribution in [3.05, 3.63) is 23.0 Å². The smallest absolute Gasteiger partial charge is 0.129 e. The number of ether oxygens (including phenoxy) is 1. The molecule has 6 heteroatoms. The maximum atomic E-state index is 10.2. The molecule has 1 N–H and O–H groups in total. The van der Waals surface area contributed by atoms with Gasteiger partial charge < -0.3 is 19.6 Å². The van der Waals surface area contributed by atoms with E-state index < -0.39 is 5.60 Å². The molecular formula is C15H24ClN3O2. The lowest BCUT2D eigenvalue weighted by molar-refractivity contribution is -0.0928. The van der Waals surface area contributed by atoms with E-state index in [-0.39, 0.29) is 6.10 Å². The second-order valence-electron chi connectivity index (χ2n) is 6.30. The van der Waals surface area contributed by atoms with Crippen LogP contribution in [0.5, 0.6) is 0 Å². The van der Waals surface area contributed by atoms with E-state index in [0.29, 0.717) is 18.3 Å². The summed E-state index contributed by atoms with van der Waals surface area (Å²) < 4.78 is 5.69. The maximum absolute atomic E-state index is 10.2. The monoisotopic (exact) mass is 313 g/mol. The van der Waals surface area contributed by atoms with Gasteiger partial charge in [0.05, 0.1) is 23.6 Å². The topological polar surface area (TPSA) is 48.8 Å². The van der Waals surface area contributed by atoms with Gasteiger partial charge >= 0.3 is 0 Å². The first-order valence-corrected chi connectivity index (χ1v) is 7.54. The molecule has 1 unspecified atom stereocenters. The molecule has 1 atom stereocenters. The number of morpholine rings is 1. The molecule has 1 aromatic rings. The van der Waals surface area contributed by atoms with Gasteiger partial charge in [-0.2, -0.15) is 0 Å². The highest BCUT2D eigenvalue weighted by molar-refractivity contribution is 6.29. The molecule has 118 valence electrons. The molecular weight excluding hydrogens is 290 g/mol. The van der Waals surface area contributed by atoms with E-state index in [9.17, 15) is 5.11 Å². The molecule has 5 nitrogen and oxygen atoms in total. The van der Waals surface area contributed by atoms with Crippen LogP contribution in [0.15, 0.2) is 12.1 Å². The Morgan fingerprint density at radius 3 is 2.81 bits per heavy atom. The number of hydrogen-bond donors (Lipinski definition) is 1. The van der Waals surface area contributed by atoms with Crippen LogP contribution in [0.25, 0.3) is 0 Å². The Labute approximate surface area is 131 Å². The van der Waals surface area contributed by atoms with Gasteiger partial charge in [0, 0.05) is 19.6 Å². The van der Waals surface area contributed by atoms with E-state index in [1.807, 2.05) is 26.2 Å². The van der Waals surface area contributed by atoms with Crippen LogP contribution >= 0.6 is 11.6 Å². The number of hydrogen-bond acceptors (Lipinski definition) is 5. The number of rotatable bonds is 4. The Morgan fingerprint density at radius 1 is 1.48 bits per heavy atom. The van der Waals surface area contributed by atoms with Crippen LogP contribution in [0.3, 0.4) is 0 Å². The van der Waals surface area contributed by atoms with Crippen molar-refractivity contribution in [2.24, 2.45) is 0 Å².